The van der Waals surface area contributed by atoms with Crippen LogP contribution in [0.15, 0.2) is 95.3 Å². The van der Waals surface area contributed by atoms with Crippen LogP contribution in [0, 0.1) is 19.7 Å². The number of aliphatic imine (C=N–C) groups is 1. The predicted molar refractivity (Wildman–Crippen MR) is 180 cm³/mol. The van der Waals surface area contributed by atoms with Gasteiger partial charge in [0, 0.05) is 15.6 Å². The number of hydrogen-bond donors (Lipinski definition) is 0. The van der Waals surface area contributed by atoms with Crippen LogP contribution in [0.1, 0.15) is 27.8 Å². The number of amides is 1. The number of amidine groups is 1. The van der Waals surface area contributed by atoms with E-state index in [4.69, 9.17) is 37.7 Å². The van der Waals surface area contributed by atoms with Crippen LogP contribution < -0.4 is 14.4 Å². The fourth-order valence-corrected chi connectivity index (χ4v) is 5.89. The van der Waals surface area contributed by atoms with E-state index < -0.39 is 0 Å². The molecule has 224 valence electrons. The topological polar surface area (TPSA) is 51.1 Å². The zero-order valence-corrected chi connectivity index (χ0v) is 26.7. The molecule has 5 nitrogen and oxygen atoms in total. The Morgan fingerprint density at radius 1 is 0.977 bits per heavy atom. The van der Waals surface area contributed by atoms with E-state index >= 15 is 0 Å². The lowest BCUT2D eigenvalue weighted by Gasteiger charge is -2.17. The van der Waals surface area contributed by atoms with Crippen molar-refractivity contribution in [2.45, 2.75) is 26.9 Å². The molecule has 0 aliphatic carbocycles. The number of halogens is 3. The number of allylic oxidation sites excluding steroid dienone is 1. The second kappa shape index (κ2) is 13.7. The van der Waals surface area contributed by atoms with Crippen molar-refractivity contribution in [3.63, 3.8) is 0 Å². The van der Waals surface area contributed by atoms with E-state index in [-0.39, 0.29) is 18.3 Å². The maximum Gasteiger partial charge on any atom is 0.271 e. The fraction of sp³-hybridized carbons (Fsp3) is 0.143. The van der Waals surface area contributed by atoms with Crippen LogP contribution in [-0.4, -0.2) is 18.2 Å². The van der Waals surface area contributed by atoms with Crippen LogP contribution in [0.3, 0.4) is 0 Å². The molecule has 0 atom stereocenters. The Labute approximate surface area is 270 Å². The number of carbonyl (C=O) groups is 1. The third-order valence-electron chi connectivity index (χ3n) is 6.93. The molecule has 1 aliphatic heterocycles. The molecule has 1 fully saturated rings. The number of anilines is 1. The van der Waals surface area contributed by atoms with Crippen molar-refractivity contribution in [1.82, 2.24) is 0 Å². The third kappa shape index (κ3) is 7.02. The second-order valence-corrected chi connectivity index (χ2v) is 12.0. The van der Waals surface area contributed by atoms with Crippen molar-refractivity contribution in [3.05, 3.63) is 134 Å². The van der Waals surface area contributed by atoms with E-state index in [0.29, 0.717) is 49.4 Å². The standard InChI is InChI=1S/C35H29Cl2FN2O3S/c1-5-6-25-15-24(16-31(42-4)33(25)43-20-23-9-11-26(38)12-10-23)17-32-34(41)40(28-14-8-22(3)30(37)19-28)35(44-32)39-27-13-7-21(2)29(36)18-27/h5,7-19H,1,6,20H2,2-4H3/b32-17+,39-35?. The smallest absolute Gasteiger partial charge is 0.271 e. The summed E-state index contributed by atoms with van der Waals surface area (Å²) < 4.78 is 25.2. The molecule has 1 amide bonds. The molecule has 5 rings (SSSR count). The molecule has 0 saturated carbocycles. The molecule has 0 aromatic heterocycles. The van der Waals surface area contributed by atoms with Crippen LogP contribution in [0.25, 0.3) is 6.08 Å². The summed E-state index contributed by atoms with van der Waals surface area (Å²) in [6.45, 7) is 7.94. The van der Waals surface area contributed by atoms with Gasteiger partial charge in [-0.25, -0.2) is 9.38 Å². The van der Waals surface area contributed by atoms with E-state index in [9.17, 15) is 9.18 Å². The van der Waals surface area contributed by atoms with Crippen molar-refractivity contribution in [3.8, 4) is 11.5 Å². The summed E-state index contributed by atoms with van der Waals surface area (Å²) in [7, 11) is 1.56. The fourth-order valence-electron chi connectivity index (χ4n) is 4.54. The Balaban J connectivity index is 1.53. The monoisotopic (exact) mass is 646 g/mol. The highest BCUT2D eigenvalue weighted by atomic mass is 35.5. The van der Waals surface area contributed by atoms with Gasteiger partial charge >= 0.3 is 0 Å². The van der Waals surface area contributed by atoms with Crippen LogP contribution in [-0.2, 0) is 17.8 Å². The summed E-state index contributed by atoms with van der Waals surface area (Å²) in [5, 5.41) is 1.61. The number of methoxy groups -OCH3 is 1. The Bertz CT molecular complexity index is 1800. The van der Waals surface area contributed by atoms with Gasteiger partial charge in [-0.1, -0.05) is 53.5 Å². The first-order valence-corrected chi connectivity index (χ1v) is 15.3. The lowest BCUT2D eigenvalue weighted by atomic mass is 10.0. The summed E-state index contributed by atoms with van der Waals surface area (Å²) in [5.74, 6) is 0.501. The SMILES string of the molecule is C=CCc1cc(/C=C2/SC(=Nc3ccc(C)c(Cl)c3)N(c3ccc(C)c(Cl)c3)C2=O)cc(OC)c1OCc1ccc(F)cc1. The largest absolute Gasteiger partial charge is 0.493 e. The van der Waals surface area contributed by atoms with Gasteiger partial charge in [0.15, 0.2) is 16.7 Å². The summed E-state index contributed by atoms with van der Waals surface area (Å²) >= 11 is 14.1. The van der Waals surface area contributed by atoms with Gasteiger partial charge in [0.25, 0.3) is 5.91 Å². The number of thioether (sulfide) groups is 1. The van der Waals surface area contributed by atoms with Gasteiger partial charge in [0.05, 0.1) is 23.4 Å². The van der Waals surface area contributed by atoms with Gasteiger partial charge in [0.1, 0.15) is 12.4 Å². The van der Waals surface area contributed by atoms with E-state index in [0.717, 1.165) is 27.8 Å². The highest BCUT2D eigenvalue weighted by Crippen LogP contribution is 2.41. The molecule has 9 heteroatoms. The summed E-state index contributed by atoms with van der Waals surface area (Å²) in [6.07, 6.45) is 4.08. The van der Waals surface area contributed by atoms with Crippen molar-refractivity contribution < 1.29 is 18.7 Å². The van der Waals surface area contributed by atoms with E-state index in [1.54, 1.807) is 48.4 Å². The molecule has 1 aliphatic rings. The first-order chi connectivity index (χ1) is 21.2. The van der Waals surface area contributed by atoms with Gasteiger partial charge in [-0.3, -0.25) is 9.69 Å². The van der Waals surface area contributed by atoms with Crippen LogP contribution in [0.4, 0.5) is 15.8 Å². The lowest BCUT2D eigenvalue weighted by Crippen LogP contribution is -2.28. The number of benzene rings is 4. The molecule has 44 heavy (non-hydrogen) atoms. The van der Waals surface area contributed by atoms with Gasteiger partial charge < -0.3 is 9.47 Å². The summed E-state index contributed by atoms with van der Waals surface area (Å²) in [5.41, 5.74) is 5.45. The second-order valence-electron chi connectivity index (χ2n) is 10.1. The number of ether oxygens (including phenoxy) is 2. The predicted octanol–water partition coefficient (Wildman–Crippen LogP) is 9.87. The molecule has 4 aromatic carbocycles. The molecule has 0 radical (unpaired) electrons. The molecular weight excluding hydrogens is 618 g/mol. The first kappa shape index (κ1) is 31.4. The van der Waals surface area contributed by atoms with Gasteiger partial charge in [-0.05, 0) is 109 Å². The molecule has 0 spiro atoms. The number of nitrogens with zero attached hydrogens (tertiary/aromatic N) is 2. The Hall–Kier alpha value is -4.04. The van der Waals surface area contributed by atoms with Crippen LogP contribution in [0.2, 0.25) is 10.0 Å². The minimum atomic E-state index is -0.310. The van der Waals surface area contributed by atoms with Crippen molar-refractivity contribution in [2.24, 2.45) is 4.99 Å². The molecule has 0 unspecified atom stereocenters. The number of carbonyl (C=O) groups excluding carboxylic acids is 1. The molecule has 4 aromatic rings. The zero-order valence-electron chi connectivity index (χ0n) is 24.4. The minimum Gasteiger partial charge on any atom is -0.493 e. The Morgan fingerprint density at radius 2 is 1.68 bits per heavy atom. The number of aryl methyl sites for hydroxylation is 2. The quantitative estimate of drug-likeness (QED) is 0.134. The van der Waals surface area contributed by atoms with Gasteiger partial charge in [-0.15, -0.1) is 6.58 Å². The van der Waals surface area contributed by atoms with Crippen molar-refractivity contribution >= 4 is 63.5 Å². The molecule has 1 heterocycles. The molecule has 1 saturated heterocycles. The van der Waals surface area contributed by atoms with E-state index in [1.807, 2.05) is 50.2 Å². The Morgan fingerprint density at radius 3 is 2.34 bits per heavy atom. The highest BCUT2D eigenvalue weighted by Gasteiger charge is 2.35. The van der Waals surface area contributed by atoms with Crippen LogP contribution >= 0.6 is 35.0 Å². The van der Waals surface area contributed by atoms with Crippen LogP contribution in [0.5, 0.6) is 11.5 Å². The maximum atomic E-state index is 13.9. The lowest BCUT2D eigenvalue weighted by molar-refractivity contribution is -0.113. The molecule has 0 bridgehead atoms. The number of rotatable bonds is 9. The molecular formula is C35H29Cl2FN2O3S. The van der Waals surface area contributed by atoms with Crippen molar-refractivity contribution in [1.29, 1.82) is 0 Å². The minimum absolute atomic E-state index is 0.229. The summed E-state index contributed by atoms with van der Waals surface area (Å²) in [4.78, 5) is 20.7. The molecule has 0 N–H and O–H groups in total. The first-order valence-electron chi connectivity index (χ1n) is 13.7. The normalized spacial score (nSPS) is 14.9. The van der Waals surface area contributed by atoms with Gasteiger partial charge in [-0.2, -0.15) is 0 Å². The number of hydrogen-bond acceptors (Lipinski definition) is 5. The highest BCUT2D eigenvalue weighted by molar-refractivity contribution is 8.19. The van der Waals surface area contributed by atoms with E-state index in [1.165, 1.54) is 23.9 Å². The van der Waals surface area contributed by atoms with E-state index in [2.05, 4.69) is 6.58 Å². The van der Waals surface area contributed by atoms with Gasteiger partial charge in [0.2, 0.25) is 0 Å². The Kier molecular flexibility index (Phi) is 9.79. The average molecular weight is 648 g/mol. The maximum absolute atomic E-state index is 13.9. The third-order valence-corrected chi connectivity index (χ3v) is 8.72. The van der Waals surface area contributed by atoms with Crippen molar-refractivity contribution in [2.75, 3.05) is 12.0 Å². The zero-order chi connectivity index (χ0) is 31.4. The summed E-state index contributed by atoms with van der Waals surface area (Å²) in [6, 6.07) is 20.9. The average Bonchev–Trinajstić information content (AvgIpc) is 3.30.